The van der Waals surface area contributed by atoms with Crippen LogP contribution in [-0.4, -0.2) is 35.3 Å². The van der Waals surface area contributed by atoms with Crippen LogP contribution in [-0.2, 0) is 15.8 Å². The highest BCUT2D eigenvalue weighted by Gasteiger charge is 2.38. The van der Waals surface area contributed by atoms with Gasteiger partial charge in [-0.25, -0.2) is 4.79 Å². The minimum Gasteiger partial charge on any atom is -0.326 e. The molecule has 1 fully saturated rings. The molecule has 0 radical (unpaired) electrons. The number of carbonyl (C=O) groups is 3. The zero-order chi connectivity index (χ0) is 18.8. The third-order valence-corrected chi connectivity index (χ3v) is 3.87. The van der Waals surface area contributed by atoms with Crippen LogP contribution in [0, 0.1) is 0 Å². The van der Waals surface area contributed by atoms with Gasteiger partial charge in [-0.15, -0.1) is 0 Å². The van der Waals surface area contributed by atoms with Crippen LogP contribution in [0.3, 0.4) is 0 Å². The summed E-state index contributed by atoms with van der Waals surface area (Å²) in [5, 5.41) is 4.18. The summed E-state index contributed by atoms with van der Waals surface area (Å²) < 4.78 is 38.4. The fourth-order valence-corrected chi connectivity index (χ4v) is 2.60. The van der Waals surface area contributed by atoms with E-state index in [0.717, 1.165) is 11.0 Å². The van der Waals surface area contributed by atoms with Crippen molar-refractivity contribution in [2.45, 2.75) is 32.0 Å². The molecule has 1 unspecified atom stereocenters. The Kier molecular flexibility index (Phi) is 5.56. The van der Waals surface area contributed by atoms with Gasteiger partial charge in [0, 0.05) is 5.69 Å². The molecule has 1 atom stereocenters. The Bertz CT molecular complexity index is 709. The number of nitrogens with one attached hydrogen (secondary N) is 2. The van der Waals surface area contributed by atoms with E-state index in [4.69, 9.17) is 11.6 Å². The van der Waals surface area contributed by atoms with Gasteiger partial charge >= 0.3 is 12.2 Å². The first-order chi connectivity index (χ1) is 11.6. The fraction of sp³-hybridized carbons (Fsp3) is 0.400. The number of hydrogen-bond donors (Lipinski definition) is 2. The average Bonchev–Trinajstić information content (AvgIpc) is 2.76. The lowest BCUT2D eigenvalue weighted by Crippen LogP contribution is -2.38. The van der Waals surface area contributed by atoms with Gasteiger partial charge in [0.25, 0.3) is 5.91 Å². The van der Waals surface area contributed by atoms with E-state index in [9.17, 15) is 27.6 Å². The Morgan fingerprint density at radius 3 is 2.64 bits per heavy atom. The highest BCUT2D eigenvalue weighted by molar-refractivity contribution is 6.31. The molecule has 0 bridgehead atoms. The van der Waals surface area contributed by atoms with E-state index < -0.39 is 47.2 Å². The molecule has 1 aromatic carbocycles. The Hall–Kier alpha value is -2.29. The number of amides is 4. The van der Waals surface area contributed by atoms with E-state index in [-0.39, 0.29) is 5.69 Å². The van der Waals surface area contributed by atoms with Crippen molar-refractivity contribution >= 4 is 35.1 Å². The number of alkyl halides is 3. The van der Waals surface area contributed by atoms with Crippen molar-refractivity contribution < 1.29 is 27.6 Å². The third-order valence-electron chi connectivity index (χ3n) is 3.54. The summed E-state index contributed by atoms with van der Waals surface area (Å²) >= 11 is 5.50. The Morgan fingerprint density at radius 1 is 1.36 bits per heavy atom. The molecule has 1 heterocycles. The number of carbonyl (C=O) groups excluding carboxylic acids is 3. The Labute approximate surface area is 146 Å². The summed E-state index contributed by atoms with van der Waals surface area (Å²) in [6.07, 6.45) is -3.56. The molecule has 0 saturated carbocycles. The minimum atomic E-state index is -4.67. The van der Waals surface area contributed by atoms with Crippen molar-refractivity contribution in [1.29, 1.82) is 0 Å². The van der Waals surface area contributed by atoms with Crippen molar-refractivity contribution in [2.24, 2.45) is 0 Å². The maximum absolute atomic E-state index is 12.8. The van der Waals surface area contributed by atoms with Gasteiger partial charge in [-0.1, -0.05) is 24.9 Å². The number of anilines is 1. The summed E-state index contributed by atoms with van der Waals surface area (Å²) in [7, 11) is 0. The predicted molar refractivity (Wildman–Crippen MR) is 84.0 cm³/mol. The van der Waals surface area contributed by atoms with Crippen molar-refractivity contribution in [2.75, 3.05) is 11.9 Å². The topological polar surface area (TPSA) is 78.5 Å². The SMILES string of the molecule is CCCC1NC(=O)N(CC(=O)Nc2ccc(Cl)c(C(F)(F)F)c2)C1=O. The average molecular weight is 378 g/mol. The lowest BCUT2D eigenvalue weighted by molar-refractivity contribution is -0.137. The number of nitrogens with zero attached hydrogens (tertiary/aromatic N) is 1. The monoisotopic (exact) mass is 377 g/mol. The summed E-state index contributed by atoms with van der Waals surface area (Å²) in [6.45, 7) is 1.25. The Balaban J connectivity index is 2.06. The van der Waals surface area contributed by atoms with Crippen LogP contribution in [0.25, 0.3) is 0 Å². The van der Waals surface area contributed by atoms with Crippen LogP contribution >= 0.6 is 11.6 Å². The van der Waals surface area contributed by atoms with E-state index in [1.807, 2.05) is 6.92 Å². The molecule has 1 aliphatic rings. The largest absolute Gasteiger partial charge is 0.417 e. The molecule has 1 aliphatic heterocycles. The highest BCUT2D eigenvalue weighted by Crippen LogP contribution is 2.36. The quantitative estimate of drug-likeness (QED) is 0.774. The molecule has 10 heteroatoms. The number of rotatable bonds is 5. The molecule has 2 N–H and O–H groups in total. The molecular weight excluding hydrogens is 363 g/mol. The predicted octanol–water partition coefficient (Wildman–Crippen LogP) is 3.02. The first kappa shape index (κ1) is 19.0. The lowest BCUT2D eigenvalue weighted by Gasteiger charge is -2.14. The van der Waals surface area contributed by atoms with Crippen LogP contribution in [0.15, 0.2) is 18.2 Å². The smallest absolute Gasteiger partial charge is 0.326 e. The molecule has 1 aromatic rings. The summed E-state index contributed by atoms with van der Waals surface area (Å²) in [5.41, 5.74) is -1.23. The van der Waals surface area contributed by atoms with Gasteiger partial charge in [0.15, 0.2) is 0 Å². The Morgan fingerprint density at radius 2 is 2.04 bits per heavy atom. The number of benzene rings is 1. The lowest BCUT2D eigenvalue weighted by atomic mass is 10.1. The first-order valence-electron chi connectivity index (χ1n) is 7.42. The van der Waals surface area contributed by atoms with Crippen molar-refractivity contribution in [3.63, 3.8) is 0 Å². The van der Waals surface area contributed by atoms with E-state index in [0.29, 0.717) is 18.9 Å². The van der Waals surface area contributed by atoms with Gasteiger partial charge in [-0.2, -0.15) is 13.2 Å². The van der Waals surface area contributed by atoms with Crippen molar-refractivity contribution in [3.8, 4) is 0 Å². The number of imide groups is 1. The van der Waals surface area contributed by atoms with Gasteiger partial charge < -0.3 is 10.6 Å². The number of urea groups is 1. The summed E-state index contributed by atoms with van der Waals surface area (Å²) in [6, 6.07) is 1.50. The molecule has 0 spiro atoms. The van der Waals surface area contributed by atoms with Crippen LogP contribution in [0.4, 0.5) is 23.7 Å². The van der Waals surface area contributed by atoms with E-state index in [2.05, 4.69) is 10.6 Å². The second-order valence-electron chi connectivity index (χ2n) is 5.46. The molecule has 0 aromatic heterocycles. The number of hydrogen-bond acceptors (Lipinski definition) is 3. The molecule has 4 amide bonds. The molecule has 25 heavy (non-hydrogen) atoms. The zero-order valence-corrected chi connectivity index (χ0v) is 13.9. The molecule has 2 rings (SSSR count). The molecule has 136 valence electrons. The normalized spacial score (nSPS) is 17.6. The molecule has 0 aliphatic carbocycles. The summed E-state index contributed by atoms with van der Waals surface area (Å²) in [5.74, 6) is -1.33. The zero-order valence-electron chi connectivity index (χ0n) is 13.1. The van der Waals surface area contributed by atoms with Crippen LogP contribution in [0.1, 0.15) is 25.3 Å². The fourth-order valence-electron chi connectivity index (χ4n) is 2.38. The van der Waals surface area contributed by atoms with Gasteiger partial charge in [-0.05, 0) is 24.6 Å². The maximum Gasteiger partial charge on any atom is 0.417 e. The number of halogens is 4. The van der Waals surface area contributed by atoms with E-state index in [1.54, 1.807) is 0 Å². The highest BCUT2D eigenvalue weighted by atomic mass is 35.5. The van der Waals surface area contributed by atoms with Crippen LogP contribution < -0.4 is 10.6 Å². The van der Waals surface area contributed by atoms with E-state index >= 15 is 0 Å². The standard InChI is InChI=1S/C15H15ClF3N3O3/c1-2-3-11-13(24)22(14(25)21-11)7-12(23)20-8-4-5-10(16)9(6-8)15(17,18)19/h4-6,11H,2-3,7H2,1H3,(H,20,23)(H,21,25). The van der Waals surface area contributed by atoms with Gasteiger partial charge in [0.1, 0.15) is 12.6 Å². The van der Waals surface area contributed by atoms with E-state index in [1.165, 1.54) is 6.07 Å². The van der Waals surface area contributed by atoms with Crippen molar-refractivity contribution in [3.05, 3.63) is 28.8 Å². The summed E-state index contributed by atoms with van der Waals surface area (Å²) in [4.78, 5) is 36.5. The third kappa shape index (κ3) is 4.41. The second kappa shape index (κ2) is 7.30. The van der Waals surface area contributed by atoms with Crippen LogP contribution in [0.5, 0.6) is 0 Å². The van der Waals surface area contributed by atoms with Gasteiger partial charge in [0.2, 0.25) is 5.91 Å². The molecule has 6 nitrogen and oxygen atoms in total. The van der Waals surface area contributed by atoms with Crippen LogP contribution in [0.2, 0.25) is 5.02 Å². The second-order valence-corrected chi connectivity index (χ2v) is 5.86. The molecular formula is C15H15ClF3N3O3. The minimum absolute atomic E-state index is 0.140. The maximum atomic E-state index is 12.8. The first-order valence-corrected chi connectivity index (χ1v) is 7.79. The van der Waals surface area contributed by atoms with Crippen molar-refractivity contribution in [1.82, 2.24) is 10.2 Å². The molecule has 1 saturated heterocycles. The van der Waals surface area contributed by atoms with Gasteiger partial charge in [0.05, 0.1) is 10.6 Å². The van der Waals surface area contributed by atoms with Gasteiger partial charge in [-0.3, -0.25) is 14.5 Å².